The average molecular weight is 266 g/mol. The Bertz CT molecular complexity index is 607. The molecular formula is C11H12ClN5O. The van der Waals surface area contributed by atoms with Crippen LogP contribution in [-0.2, 0) is 0 Å². The van der Waals surface area contributed by atoms with Gasteiger partial charge in [-0.3, -0.25) is 9.89 Å². The monoisotopic (exact) mass is 265 g/mol. The van der Waals surface area contributed by atoms with Crippen molar-refractivity contribution in [2.75, 3.05) is 11.1 Å². The van der Waals surface area contributed by atoms with E-state index >= 15 is 0 Å². The Morgan fingerprint density at radius 1 is 1.50 bits per heavy atom. The van der Waals surface area contributed by atoms with Gasteiger partial charge in [0.25, 0.3) is 5.91 Å². The summed E-state index contributed by atoms with van der Waals surface area (Å²) in [6, 6.07) is 1.47. The van der Waals surface area contributed by atoms with E-state index in [9.17, 15) is 4.79 Å². The molecule has 0 radical (unpaired) electrons. The van der Waals surface area contributed by atoms with Crippen LogP contribution in [0.3, 0.4) is 0 Å². The van der Waals surface area contributed by atoms with Gasteiger partial charge in [-0.15, -0.1) is 0 Å². The maximum absolute atomic E-state index is 12.0. The fraction of sp³-hybridized carbons (Fsp3) is 0.182. The summed E-state index contributed by atoms with van der Waals surface area (Å²) in [5, 5.41) is 9.52. The first-order valence-electron chi connectivity index (χ1n) is 5.23. The summed E-state index contributed by atoms with van der Waals surface area (Å²) in [5.41, 5.74) is 7.93. The third-order valence-corrected chi connectivity index (χ3v) is 2.89. The lowest BCUT2D eigenvalue weighted by atomic mass is 10.2. The van der Waals surface area contributed by atoms with E-state index in [0.29, 0.717) is 11.5 Å². The molecule has 0 aliphatic rings. The summed E-state index contributed by atoms with van der Waals surface area (Å²) < 4.78 is 0. The number of aromatic nitrogens is 3. The molecule has 18 heavy (non-hydrogen) atoms. The van der Waals surface area contributed by atoms with Gasteiger partial charge in [0.15, 0.2) is 5.82 Å². The van der Waals surface area contributed by atoms with Crippen molar-refractivity contribution in [2.24, 2.45) is 0 Å². The molecule has 0 saturated carbocycles. The number of pyridine rings is 1. The molecule has 0 aliphatic heterocycles. The van der Waals surface area contributed by atoms with Crippen LogP contribution in [-0.4, -0.2) is 21.1 Å². The molecule has 4 N–H and O–H groups in total. The van der Waals surface area contributed by atoms with Gasteiger partial charge in [0.05, 0.1) is 17.4 Å². The van der Waals surface area contributed by atoms with E-state index in [1.807, 2.05) is 13.8 Å². The fourth-order valence-corrected chi connectivity index (χ4v) is 1.59. The quantitative estimate of drug-likeness (QED) is 0.723. The number of carbonyl (C=O) groups excluding carboxylic acids is 1. The van der Waals surface area contributed by atoms with E-state index in [4.69, 9.17) is 17.3 Å². The summed E-state index contributed by atoms with van der Waals surface area (Å²) in [4.78, 5) is 15.8. The second kappa shape index (κ2) is 4.66. The summed E-state index contributed by atoms with van der Waals surface area (Å²) in [7, 11) is 0. The molecule has 2 rings (SSSR count). The van der Waals surface area contributed by atoms with Crippen LogP contribution < -0.4 is 11.1 Å². The van der Waals surface area contributed by atoms with Gasteiger partial charge in [0.1, 0.15) is 5.15 Å². The Balaban J connectivity index is 2.27. The fourth-order valence-electron chi connectivity index (χ4n) is 1.41. The third-order valence-electron chi connectivity index (χ3n) is 2.59. The van der Waals surface area contributed by atoms with Crippen molar-refractivity contribution >= 4 is 29.0 Å². The van der Waals surface area contributed by atoms with Gasteiger partial charge < -0.3 is 11.1 Å². The highest BCUT2D eigenvalue weighted by atomic mass is 35.5. The minimum absolute atomic E-state index is 0.103. The van der Waals surface area contributed by atoms with Gasteiger partial charge in [-0.05, 0) is 19.9 Å². The van der Waals surface area contributed by atoms with Gasteiger partial charge in [-0.1, -0.05) is 11.6 Å². The molecule has 2 aromatic heterocycles. The number of anilines is 2. The molecular weight excluding hydrogens is 254 g/mol. The molecule has 0 aliphatic carbocycles. The molecule has 0 saturated heterocycles. The minimum Gasteiger partial charge on any atom is -0.397 e. The lowest BCUT2D eigenvalue weighted by Gasteiger charge is -2.05. The third kappa shape index (κ3) is 2.28. The van der Waals surface area contributed by atoms with E-state index in [1.165, 1.54) is 12.3 Å². The standard InChI is InChI=1S/C11H12ClN5O/c1-5-6(2)16-17-10(5)15-11(18)8-3-7(13)4-14-9(8)12/h3-4H,13H2,1-2H3,(H2,15,16,17,18). The van der Waals surface area contributed by atoms with Crippen LogP contribution in [0.1, 0.15) is 21.6 Å². The molecule has 0 spiro atoms. The molecule has 0 atom stereocenters. The molecule has 0 bridgehead atoms. The molecule has 94 valence electrons. The highest BCUT2D eigenvalue weighted by Crippen LogP contribution is 2.19. The Morgan fingerprint density at radius 3 is 2.83 bits per heavy atom. The Morgan fingerprint density at radius 2 is 2.22 bits per heavy atom. The van der Waals surface area contributed by atoms with Gasteiger partial charge in [-0.25, -0.2) is 4.98 Å². The van der Waals surface area contributed by atoms with E-state index in [0.717, 1.165) is 11.3 Å². The number of halogens is 1. The van der Waals surface area contributed by atoms with Crippen LogP contribution in [0.25, 0.3) is 0 Å². The molecule has 2 heterocycles. The lowest BCUT2D eigenvalue weighted by Crippen LogP contribution is -2.14. The second-order valence-corrected chi connectivity index (χ2v) is 4.24. The van der Waals surface area contributed by atoms with Gasteiger partial charge >= 0.3 is 0 Å². The maximum Gasteiger partial charge on any atom is 0.260 e. The zero-order chi connectivity index (χ0) is 13.3. The van der Waals surface area contributed by atoms with Crippen molar-refractivity contribution in [3.8, 4) is 0 Å². The summed E-state index contributed by atoms with van der Waals surface area (Å²) >= 11 is 5.85. The second-order valence-electron chi connectivity index (χ2n) is 3.88. The molecule has 0 fully saturated rings. The van der Waals surface area contributed by atoms with E-state index in [2.05, 4.69) is 20.5 Å². The number of amides is 1. The predicted molar refractivity (Wildman–Crippen MR) is 69.7 cm³/mol. The first kappa shape index (κ1) is 12.4. The molecule has 1 amide bonds. The zero-order valence-corrected chi connectivity index (χ0v) is 10.7. The molecule has 0 aromatic carbocycles. The average Bonchev–Trinajstić information content (AvgIpc) is 2.64. The van der Waals surface area contributed by atoms with Crippen molar-refractivity contribution in [3.05, 3.63) is 34.2 Å². The largest absolute Gasteiger partial charge is 0.397 e. The number of nitrogens with one attached hydrogen (secondary N) is 2. The normalized spacial score (nSPS) is 10.4. The summed E-state index contributed by atoms with van der Waals surface area (Å²) in [6.07, 6.45) is 1.39. The van der Waals surface area contributed by atoms with Crippen LogP contribution in [0.15, 0.2) is 12.3 Å². The van der Waals surface area contributed by atoms with Gasteiger partial charge in [0.2, 0.25) is 0 Å². The predicted octanol–water partition coefficient (Wildman–Crippen LogP) is 1.91. The van der Waals surface area contributed by atoms with Gasteiger partial charge in [-0.2, -0.15) is 5.10 Å². The highest BCUT2D eigenvalue weighted by molar-refractivity contribution is 6.33. The Labute approximate surface area is 109 Å². The lowest BCUT2D eigenvalue weighted by molar-refractivity contribution is 0.102. The number of hydrogen-bond donors (Lipinski definition) is 3. The van der Waals surface area contributed by atoms with Crippen LogP contribution >= 0.6 is 11.6 Å². The number of aromatic amines is 1. The number of carbonyl (C=O) groups is 1. The van der Waals surface area contributed by atoms with Gasteiger partial charge in [0, 0.05) is 11.3 Å². The smallest absolute Gasteiger partial charge is 0.260 e. The molecule has 0 unspecified atom stereocenters. The van der Waals surface area contributed by atoms with Crippen LogP contribution in [0.2, 0.25) is 5.15 Å². The summed E-state index contributed by atoms with van der Waals surface area (Å²) in [6.45, 7) is 3.72. The number of H-pyrrole nitrogens is 1. The zero-order valence-electron chi connectivity index (χ0n) is 9.91. The van der Waals surface area contributed by atoms with Crippen molar-refractivity contribution in [1.29, 1.82) is 0 Å². The number of rotatable bonds is 2. The van der Waals surface area contributed by atoms with Crippen molar-refractivity contribution < 1.29 is 4.79 Å². The minimum atomic E-state index is -0.394. The number of hydrogen-bond acceptors (Lipinski definition) is 4. The maximum atomic E-state index is 12.0. The van der Waals surface area contributed by atoms with Crippen molar-refractivity contribution in [1.82, 2.24) is 15.2 Å². The van der Waals surface area contributed by atoms with E-state index in [1.54, 1.807) is 0 Å². The van der Waals surface area contributed by atoms with Crippen LogP contribution in [0, 0.1) is 13.8 Å². The number of nitrogens with two attached hydrogens (primary N) is 1. The first-order chi connectivity index (χ1) is 8.49. The summed E-state index contributed by atoms with van der Waals surface area (Å²) in [5.74, 6) is 0.0744. The Hall–Kier alpha value is -2.08. The molecule has 7 heteroatoms. The highest BCUT2D eigenvalue weighted by Gasteiger charge is 2.15. The molecule has 6 nitrogen and oxygen atoms in total. The van der Waals surface area contributed by atoms with Crippen molar-refractivity contribution in [3.63, 3.8) is 0 Å². The number of aryl methyl sites for hydroxylation is 1. The number of nitrogen functional groups attached to an aromatic ring is 1. The number of nitrogens with zero attached hydrogens (tertiary/aromatic N) is 2. The molecule has 2 aromatic rings. The Kier molecular flexibility index (Phi) is 3.20. The van der Waals surface area contributed by atoms with Crippen LogP contribution in [0.5, 0.6) is 0 Å². The van der Waals surface area contributed by atoms with Crippen molar-refractivity contribution in [2.45, 2.75) is 13.8 Å². The van der Waals surface area contributed by atoms with Crippen LogP contribution in [0.4, 0.5) is 11.5 Å². The topological polar surface area (TPSA) is 96.7 Å². The first-order valence-corrected chi connectivity index (χ1v) is 5.60. The van der Waals surface area contributed by atoms with E-state index < -0.39 is 5.91 Å². The SMILES string of the molecule is Cc1[nH]nc(NC(=O)c2cc(N)cnc2Cl)c1C. The van der Waals surface area contributed by atoms with E-state index in [-0.39, 0.29) is 10.7 Å².